The Hall–Kier alpha value is -2.09. The van der Waals surface area contributed by atoms with Crippen molar-refractivity contribution in [3.05, 3.63) is 73.0 Å². The van der Waals surface area contributed by atoms with Crippen LogP contribution in [-0.4, -0.2) is 17.9 Å². The van der Waals surface area contributed by atoms with Crippen LogP contribution in [0.1, 0.15) is 10.4 Å². The lowest BCUT2D eigenvalue weighted by Gasteiger charge is -2.17. The molecule has 1 amide bonds. The maximum absolute atomic E-state index is 12.0. The molecule has 0 N–H and O–H groups in total. The van der Waals surface area contributed by atoms with E-state index in [1.165, 1.54) is 0 Å². The minimum absolute atomic E-state index is 0.0615. The van der Waals surface area contributed by atoms with Gasteiger partial charge in [0.15, 0.2) is 0 Å². The summed E-state index contributed by atoms with van der Waals surface area (Å²) >= 11 is 0. The summed E-state index contributed by atoms with van der Waals surface area (Å²) in [5.74, 6) is -0.0615. The highest BCUT2D eigenvalue weighted by atomic mass is 16.2. The van der Waals surface area contributed by atoms with Gasteiger partial charge in [-0.15, -0.1) is 0 Å². The third-order valence-corrected chi connectivity index (χ3v) is 2.21. The van der Waals surface area contributed by atoms with Crippen LogP contribution in [0.25, 0.3) is 0 Å². The number of benzene rings is 1. The standard InChI is InChI=1S/C14H15NO/c1-4-9-13(5-2)15(3)14(16)12-10-7-6-8-11-12/h4-11H,1-2H2,3H3. The highest BCUT2D eigenvalue weighted by Gasteiger charge is 2.12. The van der Waals surface area contributed by atoms with Gasteiger partial charge in [0.2, 0.25) is 0 Å². The molecular weight excluding hydrogens is 198 g/mol. The molecule has 82 valence electrons. The molecule has 0 saturated heterocycles. The number of amides is 1. The Bertz CT molecular complexity index is 418. The molecule has 0 heterocycles. The third kappa shape index (κ3) is 2.70. The number of rotatable bonds is 4. The van der Waals surface area contributed by atoms with Crippen LogP contribution in [0.5, 0.6) is 0 Å². The molecule has 2 heteroatoms. The first-order chi connectivity index (χ1) is 7.70. The maximum atomic E-state index is 12.0. The van der Waals surface area contributed by atoms with Gasteiger partial charge in [0, 0.05) is 18.3 Å². The first-order valence-corrected chi connectivity index (χ1v) is 4.99. The molecular formula is C14H15NO. The third-order valence-electron chi connectivity index (χ3n) is 2.21. The predicted molar refractivity (Wildman–Crippen MR) is 67.0 cm³/mol. The summed E-state index contributed by atoms with van der Waals surface area (Å²) in [6, 6.07) is 9.13. The number of nitrogens with zero attached hydrogens (tertiary/aromatic N) is 1. The average Bonchev–Trinajstić information content (AvgIpc) is 2.35. The summed E-state index contributed by atoms with van der Waals surface area (Å²) in [5.41, 5.74) is 1.38. The first-order valence-electron chi connectivity index (χ1n) is 4.99. The second-order valence-electron chi connectivity index (χ2n) is 3.26. The molecule has 0 unspecified atom stereocenters. The molecule has 1 rings (SSSR count). The Balaban J connectivity index is 2.94. The van der Waals surface area contributed by atoms with E-state index in [1.807, 2.05) is 18.2 Å². The fraction of sp³-hybridized carbons (Fsp3) is 0.0714. The monoisotopic (exact) mass is 213 g/mol. The summed E-state index contributed by atoms with van der Waals surface area (Å²) < 4.78 is 0. The molecule has 1 aromatic rings. The van der Waals surface area contributed by atoms with Crippen molar-refractivity contribution in [2.75, 3.05) is 7.05 Å². The first kappa shape index (κ1) is 12.0. The van der Waals surface area contributed by atoms with Gasteiger partial charge in [-0.25, -0.2) is 0 Å². The van der Waals surface area contributed by atoms with Gasteiger partial charge in [-0.3, -0.25) is 4.79 Å². The molecule has 16 heavy (non-hydrogen) atoms. The van der Waals surface area contributed by atoms with Crippen LogP contribution in [0.4, 0.5) is 0 Å². The molecule has 0 aliphatic heterocycles. The van der Waals surface area contributed by atoms with E-state index in [1.54, 1.807) is 42.3 Å². The Morgan fingerprint density at radius 3 is 2.38 bits per heavy atom. The molecule has 2 nitrogen and oxygen atoms in total. The van der Waals surface area contributed by atoms with Gasteiger partial charge in [-0.1, -0.05) is 37.4 Å². The Morgan fingerprint density at radius 1 is 1.25 bits per heavy atom. The van der Waals surface area contributed by atoms with Gasteiger partial charge in [0.1, 0.15) is 0 Å². The van der Waals surface area contributed by atoms with Crippen molar-refractivity contribution in [3.8, 4) is 0 Å². The summed E-state index contributed by atoms with van der Waals surface area (Å²) in [5, 5.41) is 0. The topological polar surface area (TPSA) is 20.3 Å². The molecule has 0 aromatic heterocycles. The predicted octanol–water partition coefficient (Wildman–Crippen LogP) is 3.01. The normalized spacial score (nSPS) is 10.7. The van der Waals surface area contributed by atoms with E-state index in [9.17, 15) is 4.79 Å². The van der Waals surface area contributed by atoms with Gasteiger partial charge in [0.05, 0.1) is 0 Å². The average molecular weight is 213 g/mol. The SMILES string of the molecule is C=CC=C(C=C)N(C)C(=O)c1ccccc1. The minimum atomic E-state index is -0.0615. The van der Waals surface area contributed by atoms with Crippen molar-refractivity contribution in [1.82, 2.24) is 4.90 Å². The zero-order valence-corrected chi connectivity index (χ0v) is 9.39. The van der Waals surface area contributed by atoms with Crippen LogP contribution < -0.4 is 0 Å². The number of hydrogen-bond acceptors (Lipinski definition) is 1. The van der Waals surface area contributed by atoms with Crippen LogP contribution in [0.2, 0.25) is 0 Å². The second-order valence-corrected chi connectivity index (χ2v) is 3.26. The van der Waals surface area contributed by atoms with E-state index in [4.69, 9.17) is 0 Å². The van der Waals surface area contributed by atoms with Crippen LogP contribution in [0.3, 0.4) is 0 Å². The molecule has 0 spiro atoms. The molecule has 0 aliphatic carbocycles. The van der Waals surface area contributed by atoms with E-state index >= 15 is 0 Å². The Kier molecular flexibility index (Phi) is 4.28. The summed E-state index contributed by atoms with van der Waals surface area (Å²) in [7, 11) is 1.71. The van der Waals surface area contributed by atoms with Crippen LogP contribution in [0, 0.1) is 0 Å². The molecule has 0 fully saturated rings. The van der Waals surface area contributed by atoms with Gasteiger partial charge < -0.3 is 4.90 Å². The van der Waals surface area contributed by atoms with E-state index in [2.05, 4.69) is 13.2 Å². The lowest BCUT2D eigenvalue weighted by molar-refractivity contribution is 0.0840. The summed E-state index contributed by atoms with van der Waals surface area (Å²) in [6.45, 7) is 7.27. The van der Waals surface area contributed by atoms with Crippen LogP contribution in [0.15, 0.2) is 67.4 Å². The van der Waals surface area contributed by atoms with Gasteiger partial charge in [0.25, 0.3) is 5.91 Å². The zero-order valence-electron chi connectivity index (χ0n) is 9.39. The molecule has 0 aliphatic rings. The summed E-state index contributed by atoms with van der Waals surface area (Å²) in [6.07, 6.45) is 5.00. The van der Waals surface area contributed by atoms with E-state index in [0.717, 1.165) is 5.70 Å². The van der Waals surface area contributed by atoms with E-state index in [0.29, 0.717) is 5.56 Å². The van der Waals surface area contributed by atoms with E-state index < -0.39 is 0 Å². The van der Waals surface area contributed by atoms with Crippen LogP contribution in [-0.2, 0) is 0 Å². The fourth-order valence-corrected chi connectivity index (χ4v) is 1.33. The van der Waals surface area contributed by atoms with Crippen molar-refractivity contribution in [3.63, 3.8) is 0 Å². The highest BCUT2D eigenvalue weighted by molar-refractivity contribution is 5.95. The number of likely N-dealkylation sites (N-methyl/N-ethyl adjacent to an activating group) is 1. The zero-order chi connectivity index (χ0) is 12.0. The molecule has 0 saturated carbocycles. The van der Waals surface area contributed by atoms with Crippen molar-refractivity contribution in [2.45, 2.75) is 0 Å². The maximum Gasteiger partial charge on any atom is 0.258 e. The number of hydrogen-bond donors (Lipinski definition) is 0. The highest BCUT2D eigenvalue weighted by Crippen LogP contribution is 2.09. The van der Waals surface area contributed by atoms with Gasteiger partial charge in [-0.05, 0) is 24.3 Å². The number of carbonyl (C=O) groups excluding carboxylic acids is 1. The van der Waals surface area contributed by atoms with Crippen LogP contribution >= 0.6 is 0 Å². The number of carbonyl (C=O) groups is 1. The Labute approximate surface area is 96.2 Å². The smallest absolute Gasteiger partial charge is 0.258 e. The largest absolute Gasteiger partial charge is 0.311 e. The molecule has 0 bridgehead atoms. The van der Waals surface area contributed by atoms with Crippen molar-refractivity contribution >= 4 is 5.91 Å². The number of allylic oxidation sites excluding steroid dienone is 3. The Morgan fingerprint density at radius 2 is 1.88 bits per heavy atom. The molecule has 0 atom stereocenters. The van der Waals surface area contributed by atoms with E-state index in [-0.39, 0.29) is 5.91 Å². The summed E-state index contributed by atoms with van der Waals surface area (Å²) in [4.78, 5) is 13.6. The van der Waals surface area contributed by atoms with Gasteiger partial charge >= 0.3 is 0 Å². The fourth-order valence-electron chi connectivity index (χ4n) is 1.33. The molecule has 1 aromatic carbocycles. The quantitative estimate of drug-likeness (QED) is 0.704. The van der Waals surface area contributed by atoms with Crippen molar-refractivity contribution < 1.29 is 4.79 Å². The minimum Gasteiger partial charge on any atom is -0.311 e. The van der Waals surface area contributed by atoms with Crippen molar-refractivity contribution in [2.24, 2.45) is 0 Å². The molecule has 0 radical (unpaired) electrons. The van der Waals surface area contributed by atoms with Crippen molar-refractivity contribution in [1.29, 1.82) is 0 Å². The lowest BCUT2D eigenvalue weighted by Crippen LogP contribution is -2.25. The lowest BCUT2D eigenvalue weighted by atomic mass is 10.2. The van der Waals surface area contributed by atoms with Gasteiger partial charge in [-0.2, -0.15) is 0 Å². The second kappa shape index (κ2) is 5.71.